The molecule has 0 aliphatic heterocycles. The predicted octanol–water partition coefficient (Wildman–Crippen LogP) is 3.01. The van der Waals surface area contributed by atoms with E-state index in [9.17, 15) is 0 Å². The molecule has 5 rings (SSSR count). The maximum absolute atomic E-state index is 5.52. The average molecular weight is 272 g/mol. The summed E-state index contributed by atoms with van der Waals surface area (Å²) >= 11 is 0. The third-order valence-electron chi connectivity index (χ3n) is 5.90. The summed E-state index contributed by atoms with van der Waals surface area (Å²) in [5, 5.41) is 0. The van der Waals surface area contributed by atoms with Crippen LogP contribution >= 0.6 is 0 Å². The highest BCUT2D eigenvalue weighted by Gasteiger charge is 2.61. The quantitative estimate of drug-likeness (QED) is 0.641. The first-order chi connectivity index (χ1) is 9.44. The molecule has 2 atom stereocenters. The minimum atomic E-state index is 0.190. The van der Waals surface area contributed by atoms with Gasteiger partial charge in [0.2, 0.25) is 0 Å². The van der Waals surface area contributed by atoms with E-state index >= 15 is 0 Å². The largest absolute Gasteiger partial charge is 0.308 e. The van der Waals surface area contributed by atoms with Gasteiger partial charge in [-0.15, -0.1) is 0 Å². The van der Waals surface area contributed by atoms with Gasteiger partial charge in [0.05, 0.1) is 0 Å². The molecule has 1 aromatic heterocycles. The van der Waals surface area contributed by atoms with Crippen LogP contribution in [0.3, 0.4) is 0 Å². The molecule has 3 N–H and O–H groups in total. The van der Waals surface area contributed by atoms with Gasteiger partial charge in [0, 0.05) is 17.7 Å². The molecular weight excluding hydrogens is 248 g/mol. The van der Waals surface area contributed by atoms with Gasteiger partial charge in [0.15, 0.2) is 0 Å². The van der Waals surface area contributed by atoms with E-state index in [-0.39, 0.29) is 5.41 Å². The van der Waals surface area contributed by atoms with Gasteiger partial charge in [-0.05, 0) is 55.3 Å². The van der Waals surface area contributed by atoms with E-state index in [1.165, 1.54) is 38.5 Å². The monoisotopic (exact) mass is 272 g/mol. The molecule has 20 heavy (non-hydrogen) atoms. The van der Waals surface area contributed by atoms with Crippen LogP contribution in [-0.4, -0.2) is 9.97 Å². The van der Waals surface area contributed by atoms with Crippen molar-refractivity contribution in [3.63, 3.8) is 0 Å². The number of nitrogens with zero attached hydrogens (tertiary/aromatic N) is 2. The highest BCUT2D eigenvalue weighted by Crippen LogP contribution is 2.69. The zero-order chi connectivity index (χ0) is 14.0. The van der Waals surface area contributed by atoms with Gasteiger partial charge in [-0.1, -0.05) is 13.8 Å². The average Bonchev–Trinajstić information content (AvgIpc) is 2.34. The molecule has 4 aliphatic carbocycles. The lowest BCUT2D eigenvalue weighted by molar-refractivity contribution is -0.112. The van der Waals surface area contributed by atoms with Crippen molar-refractivity contribution < 1.29 is 0 Å². The Bertz CT molecular complexity index is 537. The minimum Gasteiger partial charge on any atom is -0.308 e. The first-order valence-corrected chi connectivity index (χ1v) is 7.75. The fraction of sp³-hybridized carbons (Fsp3) is 0.750. The number of nitrogens with one attached hydrogen (secondary N) is 1. The Balaban J connectivity index is 1.80. The molecule has 4 bridgehead atoms. The third kappa shape index (κ3) is 1.70. The van der Waals surface area contributed by atoms with E-state index in [0.29, 0.717) is 10.8 Å². The smallest absolute Gasteiger partial charge is 0.143 e. The number of hydrogen-bond donors (Lipinski definition) is 2. The molecule has 0 spiro atoms. The van der Waals surface area contributed by atoms with Crippen molar-refractivity contribution in [1.29, 1.82) is 0 Å². The third-order valence-corrected chi connectivity index (χ3v) is 5.90. The van der Waals surface area contributed by atoms with Crippen molar-refractivity contribution in [3.8, 4) is 0 Å². The minimum absolute atomic E-state index is 0.190. The maximum atomic E-state index is 5.52. The van der Waals surface area contributed by atoms with E-state index in [4.69, 9.17) is 10.8 Å². The molecule has 108 valence electrons. The zero-order valence-electron chi connectivity index (χ0n) is 12.4. The first-order valence-electron chi connectivity index (χ1n) is 7.75. The SMILES string of the molecule is CC12CC3CC(C)(C1)CC(c1nccc(NN)n1)(C3)C2. The van der Waals surface area contributed by atoms with Crippen LogP contribution in [0.15, 0.2) is 12.3 Å². The number of nitrogen functional groups attached to an aromatic ring is 1. The molecule has 4 saturated carbocycles. The zero-order valence-corrected chi connectivity index (χ0v) is 12.4. The Morgan fingerprint density at radius 2 is 1.85 bits per heavy atom. The number of nitrogens with two attached hydrogens (primary N) is 1. The Kier molecular flexibility index (Phi) is 2.34. The number of rotatable bonds is 2. The van der Waals surface area contributed by atoms with Crippen molar-refractivity contribution in [2.45, 2.75) is 57.8 Å². The molecule has 0 aromatic carbocycles. The van der Waals surface area contributed by atoms with Gasteiger partial charge < -0.3 is 5.43 Å². The van der Waals surface area contributed by atoms with Crippen LogP contribution < -0.4 is 11.3 Å². The number of hydrogen-bond acceptors (Lipinski definition) is 4. The molecule has 1 heterocycles. The lowest BCUT2D eigenvalue weighted by atomic mass is 9.40. The number of aromatic nitrogens is 2. The van der Waals surface area contributed by atoms with E-state index in [1.54, 1.807) is 0 Å². The fourth-order valence-electron chi connectivity index (χ4n) is 6.39. The van der Waals surface area contributed by atoms with Crippen LogP contribution in [0.25, 0.3) is 0 Å². The van der Waals surface area contributed by atoms with Crippen molar-refractivity contribution in [3.05, 3.63) is 18.1 Å². The van der Waals surface area contributed by atoms with E-state index in [0.717, 1.165) is 17.6 Å². The molecule has 4 aliphatic rings. The maximum Gasteiger partial charge on any atom is 0.143 e. The van der Waals surface area contributed by atoms with Gasteiger partial charge in [0.25, 0.3) is 0 Å². The molecular formula is C16H24N4. The van der Waals surface area contributed by atoms with Gasteiger partial charge in [-0.3, -0.25) is 0 Å². The van der Waals surface area contributed by atoms with E-state index in [1.807, 2.05) is 12.3 Å². The summed E-state index contributed by atoms with van der Waals surface area (Å²) in [6.45, 7) is 4.96. The predicted molar refractivity (Wildman–Crippen MR) is 78.9 cm³/mol. The van der Waals surface area contributed by atoms with Gasteiger partial charge >= 0.3 is 0 Å². The molecule has 0 amide bonds. The number of anilines is 1. The van der Waals surface area contributed by atoms with Crippen LogP contribution in [0.5, 0.6) is 0 Å². The normalized spacial score (nSPS) is 45.6. The molecule has 1 aromatic rings. The Hall–Kier alpha value is -1.16. The van der Waals surface area contributed by atoms with Crippen molar-refractivity contribution >= 4 is 5.82 Å². The Labute approximate surface area is 120 Å². The molecule has 0 saturated heterocycles. The molecule has 0 radical (unpaired) electrons. The fourth-order valence-corrected chi connectivity index (χ4v) is 6.39. The van der Waals surface area contributed by atoms with Crippen molar-refractivity contribution in [1.82, 2.24) is 9.97 Å². The topological polar surface area (TPSA) is 63.8 Å². The molecule has 2 unspecified atom stereocenters. The lowest BCUT2D eigenvalue weighted by Crippen LogP contribution is -2.57. The summed E-state index contributed by atoms with van der Waals surface area (Å²) in [4.78, 5) is 9.33. The summed E-state index contributed by atoms with van der Waals surface area (Å²) in [5.41, 5.74) is 3.84. The van der Waals surface area contributed by atoms with Crippen LogP contribution in [0, 0.1) is 16.7 Å². The summed E-state index contributed by atoms with van der Waals surface area (Å²) in [5.74, 6) is 8.14. The van der Waals surface area contributed by atoms with E-state index < -0.39 is 0 Å². The van der Waals surface area contributed by atoms with Gasteiger partial charge in [-0.25, -0.2) is 15.8 Å². The van der Waals surface area contributed by atoms with Crippen LogP contribution in [0.2, 0.25) is 0 Å². The lowest BCUT2D eigenvalue weighted by Gasteiger charge is -2.64. The van der Waals surface area contributed by atoms with E-state index in [2.05, 4.69) is 24.3 Å². The summed E-state index contributed by atoms with van der Waals surface area (Å²) in [6, 6.07) is 1.84. The van der Waals surface area contributed by atoms with Gasteiger partial charge in [0.1, 0.15) is 11.6 Å². The summed E-state index contributed by atoms with van der Waals surface area (Å²) in [7, 11) is 0. The summed E-state index contributed by atoms with van der Waals surface area (Å²) < 4.78 is 0. The summed E-state index contributed by atoms with van der Waals surface area (Å²) in [6.07, 6.45) is 9.80. The molecule has 4 fully saturated rings. The van der Waals surface area contributed by atoms with Crippen LogP contribution in [0.4, 0.5) is 5.82 Å². The molecule has 4 heteroatoms. The van der Waals surface area contributed by atoms with Crippen molar-refractivity contribution in [2.75, 3.05) is 5.43 Å². The highest BCUT2D eigenvalue weighted by molar-refractivity contribution is 5.33. The highest BCUT2D eigenvalue weighted by atomic mass is 15.3. The second kappa shape index (κ2) is 3.73. The first kappa shape index (κ1) is 12.6. The van der Waals surface area contributed by atoms with Crippen LogP contribution in [0.1, 0.15) is 58.2 Å². The van der Waals surface area contributed by atoms with Gasteiger partial charge in [-0.2, -0.15) is 0 Å². The molecule has 4 nitrogen and oxygen atoms in total. The van der Waals surface area contributed by atoms with Crippen LogP contribution in [-0.2, 0) is 5.41 Å². The Morgan fingerprint density at radius 3 is 2.45 bits per heavy atom. The second-order valence-electron chi connectivity index (χ2n) is 8.32. The second-order valence-corrected chi connectivity index (χ2v) is 8.32. The number of hydrazine groups is 1. The standard InChI is InChI=1S/C16H24N4/c1-14-5-11-6-15(2,8-14)10-16(7-11,9-14)13-18-4-3-12(19-13)20-17/h3-4,11H,5-10,17H2,1-2H3,(H,18,19,20). The van der Waals surface area contributed by atoms with Crippen molar-refractivity contribution in [2.24, 2.45) is 22.6 Å². The Morgan fingerprint density at radius 1 is 1.15 bits per heavy atom.